The molecule has 0 fully saturated rings. The molecule has 3 aromatic rings. The molecule has 3 aromatic carbocycles. The van der Waals surface area contributed by atoms with Crippen LogP contribution in [-0.2, 0) is 0 Å². The zero-order chi connectivity index (χ0) is 19.7. The molecule has 0 aromatic heterocycles. The fraction of sp³-hybridized carbons (Fsp3) is 0.200. The second kappa shape index (κ2) is 7.32. The molecule has 0 amide bonds. The Labute approximate surface area is 160 Å². The van der Waals surface area contributed by atoms with Gasteiger partial charge in [-0.05, 0) is 68.5 Å². The molecule has 0 unspecified atom stereocenters. The average molecular weight is 356 g/mol. The fourth-order valence-electron chi connectivity index (χ4n) is 3.18. The van der Waals surface area contributed by atoms with Gasteiger partial charge < -0.3 is 0 Å². The lowest BCUT2D eigenvalue weighted by Crippen LogP contribution is -2.07. The van der Waals surface area contributed by atoms with Gasteiger partial charge in [0.05, 0.1) is 0 Å². The van der Waals surface area contributed by atoms with Gasteiger partial charge in [0.25, 0.3) is 0 Å². The van der Waals surface area contributed by atoms with E-state index in [1.54, 1.807) is 24.3 Å². The molecule has 2 heteroatoms. The number of aryl methyl sites for hydroxylation is 3. The maximum atomic E-state index is 12.9. The highest BCUT2D eigenvalue weighted by atomic mass is 16.1. The van der Waals surface area contributed by atoms with E-state index >= 15 is 0 Å². The summed E-state index contributed by atoms with van der Waals surface area (Å²) in [6.07, 6.45) is 0. The van der Waals surface area contributed by atoms with E-state index in [-0.39, 0.29) is 11.6 Å². The molecule has 0 heterocycles. The third kappa shape index (κ3) is 3.61. The molecule has 27 heavy (non-hydrogen) atoms. The molecule has 0 saturated carbocycles. The standard InChI is InChI=1S/C25H24O2/c1-15-6-8-22(14-17(15)3)24(26)20-9-11-21(12-10-20)25(27)23-13-7-16(2)18(4)19(23)5/h6-14H,1-5H3. The van der Waals surface area contributed by atoms with Crippen LogP contribution in [0.4, 0.5) is 0 Å². The van der Waals surface area contributed by atoms with Gasteiger partial charge in [-0.3, -0.25) is 9.59 Å². The molecule has 0 aliphatic carbocycles. The summed E-state index contributed by atoms with van der Waals surface area (Å²) in [7, 11) is 0. The van der Waals surface area contributed by atoms with Crippen LogP contribution in [0.15, 0.2) is 54.6 Å². The molecule has 0 aliphatic heterocycles. The molecule has 0 aliphatic rings. The molecule has 3 rings (SSSR count). The number of carbonyl (C=O) groups is 2. The summed E-state index contributed by atoms with van der Waals surface area (Å²) in [5.74, 6) is -0.0414. The van der Waals surface area contributed by atoms with E-state index in [4.69, 9.17) is 0 Å². The number of benzene rings is 3. The summed E-state index contributed by atoms with van der Waals surface area (Å²) >= 11 is 0. The Balaban J connectivity index is 1.89. The molecule has 0 bridgehead atoms. The van der Waals surface area contributed by atoms with Gasteiger partial charge in [0, 0.05) is 22.3 Å². The predicted octanol–water partition coefficient (Wildman–Crippen LogP) is 5.69. The van der Waals surface area contributed by atoms with Gasteiger partial charge >= 0.3 is 0 Å². The SMILES string of the molecule is Cc1ccc(C(=O)c2ccc(C(=O)c3ccc(C)c(C)c3C)cc2)cc1C. The molecule has 2 nitrogen and oxygen atoms in total. The van der Waals surface area contributed by atoms with Crippen LogP contribution in [-0.4, -0.2) is 11.6 Å². The van der Waals surface area contributed by atoms with Crippen molar-refractivity contribution in [1.29, 1.82) is 0 Å². The monoisotopic (exact) mass is 356 g/mol. The highest BCUT2D eigenvalue weighted by Crippen LogP contribution is 2.21. The van der Waals surface area contributed by atoms with Crippen LogP contribution in [0, 0.1) is 34.6 Å². The first-order chi connectivity index (χ1) is 12.8. The minimum absolute atomic E-state index is 0.0132. The van der Waals surface area contributed by atoms with Crippen LogP contribution < -0.4 is 0 Å². The van der Waals surface area contributed by atoms with Crippen LogP contribution >= 0.6 is 0 Å². The zero-order valence-electron chi connectivity index (χ0n) is 16.5. The summed E-state index contributed by atoms with van der Waals surface area (Å²) in [6.45, 7) is 10.1. The summed E-state index contributed by atoms with van der Waals surface area (Å²) in [4.78, 5) is 25.6. The van der Waals surface area contributed by atoms with Gasteiger partial charge in [-0.15, -0.1) is 0 Å². The number of hydrogen-bond donors (Lipinski definition) is 0. The number of hydrogen-bond acceptors (Lipinski definition) is 2. The fourth-order valence-corrected chi connectivity index (χ4v) is 3.18. The van der Waals surface area contributed by atoms with Crippen LogP contribution in [0.5, 0.6) is 0 Å². The molecular weight excluding hydrogens is 332 g/mol. The molecule has 136 valence electrons. The number of carbonyl (C=O) groups excluding carboxylic acids is 2. The second-order valence-electron chi connectivity index (χ2n) is 7.21. The first-order valence-corrected chi connectivity index (χ1v) is 9.13. The highest BCUT2D eigenvalue weighted by Gasteiger charge is 2.15. The van der Waals surface area contributed by atoms with Crippen molar-refractivity contribution in [2.75, 3.05) is 0 Å². The minimum Gasteiger partial charge on any atom is -0.289 e. The molecule has 0 atom stereocenters. The van der Waals surface area contributed by atoms with E-state index in [9.17, 15) is 9.59 Å². The summed E-state index contributed by atoms with van der Waals surface area (Å²) in [5.41, 5.74) is 8.16. The Morgan fingerprint density at radius 3 is 1.63 bits per heavy atom. The van der Waals surface area contributed by atoms with E-state index in [1.807, 2.05) is 65.0 Å². The smallest absolute Gasteiger partial charge is 0.193 e. The molecule has 0 saturated heterocycles. The molecule has 0 spiro atoms. The van der Waals surface area contributed by atoms with Crippen molar-refractivity contribution in [2.24, 2.45) is 0 Å². The van der Waals surface area contributed by atoms with Gasteiger partial charge in [-0.2, -0.15) is 0 Å². The maximum Gasteiger partial charge on any atom is 0.193 e. The Hall–Kier alpha value is -3.00. The lowest BCUT2D eigenvalue weighted by Gasteiger charge is -2.11. The molecular formula is C25H24O2. The van der Waals surface area contributed by atoms with Crippen molar-refractivity contribution in [1.82, 2.24) is 0 Å². The zero-order valence-corrected chi connectivity index (χ0v) is 16.5. The normalized spacial score (nSPS) is 10.7. The summed E-state index contributed by atoms with van der Waals surface area (Å²) < 4.78 is 0. The Bertz CT molecular complexity index is 1040. The average Bonchev–Trinajstić information content (AvgIpc) is 2.67. The highest BCUT2D eigenvalue weighted by molar-refractivity contribution is 6.12. The van der Waals surface area contributed by atoms with Crippen LogP contribution in [0.25, 0.3) is 0 Å². The van der Waals surface area contributed by atoms with E-state index in [0.717, 1.165) is 22.3 Å². The lowest BCUT2D eigenvalue weighted by molar-refractivity contribution is 0.102. The van der Waals surface area contributed by atoms with Crippen LogP contribution in [0.2, 0.25) is 0 Å². The largest absolute Gasteiger partial charge is 0.289 e. The minimum atomic E-state index is -0.0283. The van der Waals surface area contributed by atoms with E-state index in [0.29, 0.717) is 22.3 Å². The predicted molar refractivity (Wildman–Crippen MR) is 110 cm³/mol. The first kappa shape index (κ1) is 18.8. The Morgan fingerprint density at radius 1 is 0.519 bits per heavy atom. The van der Waals surface area contributed by atoms with Gasteiger partial charge in [0.1, 0.15) is 0 Å². The van der Waals surface area contributed by atoms with Crippen molar-refractivity contribution in [2.45, 2.75) is 34.6 Å². The first-order valence-electron chi connectivity index (χ1n) is 9.13. The van der Waals surface area contributed by atoms with Crippen molar-refractivity contribution in [3.63, 3.8) is 0 Å². The number of rotatable bonds is 4. The van der Waals surface area contributed by atoms with Gasteiger partial charge in [-0.1, -0.05) is 48.5 Å². The summed E-state index contributed by atoms with van der Waals surface area (Å²) in [6, 6.07) is 16.5. The van der Waals surface area contributed by atoms with E-state index < -0.39 is 0 Å². The van der Waals surface area contributed by atoms with Crippen molar-refractivity contribution in [3.05, 3.63) is 105 Å². The molecule has 0 N–H and O–H groups in total. The van der Waals surface area contributed by atoms with Crippen molar-refractivity contribution in [3.8, 4) is 0 Å². The van der Waals surface area contributed by atoms with E-state index in [1.165, 1.54) is 5.56 Å². The molecule has 0 radical (unpaired) electrons. The maximum absolute atomic E-state index is 12.9. The van der Waals surface area contributed by atoms with Gasteiger partial charge in [0.15, 0.2) is 11.6 Å². The van der Waals surface area contributed by atoms with Crippen LogP contribution in [0.1, 0.15) is 59.7 Å². The Kier molecular flexibility index (Phi) is 5.09. The van der Waals surface area contributed by atoms with Crippen LogP contribution in [0.3, 0.4) is 0 Å². The lowest BCUT2D eigenvalue weighted by atomic mass is 9.92. The van der Waals surface area contributed by atoms with E-state index in [2.05, 4.69) is 0 Å². The second-order valence-corrected chi connectivity index (χ2v) is 7.21. The number of ketones is 2. The van der Waals surface area contributed by atoms with Crippen molar-refractivity contribution >= 4 is 11.6 Å². The quantitative estimate of drug-likeness (QED) is 0.563. The van der Waals surface area contributed by atoms with Gasteiger partial charge in [0.2, 0.25) is 0 Å². The summed E-state index contributed by atoms with van der Waals surface area (Å²) in [5, 5.41) is 0. The third-order valence-corrected chi connectivity index (χ3v) is 5.48. The Morgan fingerprint density at radius 2 is 1.04 bits per heavy atom. The topological polar surface area (TPSA) is 34.1 Å². The third-order valence-electron chi connectivity index (χ3n) is 5.48. The van der Waals surface area contributed by atoms with Crippen molar-refractivity contribution < 1.29 is 9.59 Å². The van der Waals surface area contributed by atoms with Gasteiger partial charge in [-0.25, -0.2) is 0 Å².